The molecular weight excluding hydrogens is 675 g/mol. The smallest absolute Gasteiger partial charge is 0.462 e. The molecule has 8 nitrogen and oxygen atoms in total. The minimum Gasteiger partial charge on any atom is -0.462 e. The summed E-state index contributed by atoms with van der Waals surface area (Å²) < 4.78 is 26.3. The highest BCUT2D eigenvalue weighted by Gasteiger charge is 2.22. The van der Waals surface area contributed by atoms with Crippen molar-refractivity contribution in [3.63, 3.8) is 0 Å². The van der Waals surface area contributed by atoms with E-state index in [1.165, 1.54) is 64.2 Å². The molecule has 2 N–H and O–H groups in total. The zero-order chi connectivity index (χ0) is 38.2. The Labute approximate surface area is 317 Å². The first-order valence-electron chi connectivity index (χ1n) is 20.2. The van der Waals surface area contributed by atoms with E-state index in [4.69, 9.17) is 19.3 Å². The molecule has 0 heterocycles. The maximum Gasteiger partial charge on any atom is 0.469 e. The Hall–Kier alpha value is -2.51. The number of hydrogen-bond donors (Lipinski definition) is 2. The van der Waals surface area contributed by atoms with Gasteiger partial charge in [0.05, 0.1) is 6.61 Å². The van der Waals surface area contributed by atoms with Gasteiger partial charge >= 0.3 is 19.8 Å². The molecule has 0 aliphatic rings. The molecule has 1 atom stereocenters. The molecule has 0 aliphatic heterocycles. The summed E-state index contributed by atoms with van der Waals surface area (Å²) in [5, 5.41) is 0. The normalized spacial score (nSPS) is 13.2. The lowest BCUT2D eigenvalue weighted by atomic mass is 10.1. The van der Waals surface area contributed by atoms with Gasteiger partial charge in [0, 0.05) is 12.8 Å². The van der Waals surface area contributed by atoms with E-state index < -0.39 is 32.5 Å². The van der Waals surface area contributed by atoms with Crippen molar-refractivity contribution >= 4 is 19.8 Å². The predicted molar refractivity (Wildman–Crippen MR) is 216 cm³/mol. The molecule has 0 aromatic carbocycles. The van der Waals surface area contributed by atoms with Gasteiger partial charge in [-0.1, -0.05) is 151 Å². The van der Waals surface area contributed by atoms with Crippen molar-refractivity contribution in [1.29, 1.82) is 0 Å². The first-order chi connectivity index (χ1) is 25.3. The lowest BCUT2D eigenvalue weighted by Gasteiger charge is -2.18. The van der Waals surface area contributed by atoms with Crippen LogP contribution in [0.2, 0.25) is 0 Å². The van der Waals surface area contributed by atoms with Crippen LogP contribution in [-0.4, -0.2) is 41.0 Å². The van der Waals surface area contributed by atoms with Gasteiger partial charge in [-0.05, 0) is 77.0 Å². The van der Waals surface area contributed by atoms with Crippen LogP contribution < -0.4 is 0 Å². The number of hydrogen-bond acceptors (Lipinski definition) is 6. The summed E-state index contributed by atoms with van der Waals surface area (Å²) in [4.78, 5) is 42.8. The van der Waals surface area contributed by atoms with Crippen LogP contribution in [0.3, 0.4) is 0 Å². The van der Waals surface area contributed by atoms with Crippen LogP contribution in [-0.2, 0) is 28.2 Å². The number of carbonyl (C=O) groups excluding carboxylic acids is 2. The van der Waals surface area contributed by atoms with Gasteiger partial charge in [0.2, 0.25) is 0 Å². The summed E-state index contributed by atoms with van der Waals surface area (Å²) in [7, 11) is -4.77. The summed E-state index contributed by atoms with van der Waals surface area (Å²) in [5.74, 6) is -0.963. The number of allylic oxidation sites excluding steroid dienone is 12. The molecule has 0 aromatic rings. The minimum absolute atomic E-state index is 0.185. The van der Waals surface area contributed by atoms with Crippen molar-refractivity contribution in [3.8, 4) is 0 Å². The van der Waals surface area contributed by atoms with Crippen molar-refractivity contribution in [1.82, 2.24) is 0 Å². The number of ether oxygens (including phenoxy) is 2. The van der Waals surface area contributed by atoms with Gasteiger partial charge in [0.1, 0.15) is 6.61 Å². The maximum absolute atomic E-state index is 12.4. The van der Waals surface area contributed by atoms with E-state index in [9.17, 15) is 14.2 Å². The van der Waals surface area contributed by atoms with Gasteiger partial charge in [-0.15, -0.1) is 0 Å². The van der Waals surface area contributed by atoms with Crippen molar-refractivity contribution in [2.24, 2.45) is 0 Å². The Bertz CT molecular complexity index is 1070. The molecule has 0 fully saturated rings. The standard InChI is InChI=1S/C43H73O8P/c1-3-5-7-9-11-13-15-17-19-21-23-25-27-29-31-33-35-37-42(44)49-39-41(40-50-52(46,47)48)51-43(45)38-36-34-32-30-28-26-24-22-20-18-16-14-12-10-8-6-4-2/h5,7,11,13,17-20,23,25,29,31,41H,3-4,6,8-10,12,14-16,21-22,24,26-28,30,32-40H2,1-2H3,(H2,46,47,48)/b7-5-,13-11-,19-17-,20-18-,25-23-,31-29-/t41-/m1/s1. The van der Waals surface area contributed by atoms with Crippen molar-refractivity contribution in [2.45, 2.75) is 174 Å². The molecule has 0 saturated carbocycles. The van der Waals surface area contributed by atoms with Gasteiger partial charge < -0.3 is 19.3 Å². The molecular formula is C43H73O8P. The summed E-state index contributed by atoms with van der Waals surface area (Å²) in [6.45, 7) is 3.51. The average molecular weight is 749 g/mol. The van der Waals surface area contributed by atoms with Crippen LogP contribution in [0.4, 0.5) is 0 Å². The summed E-state index contributed by atoms with van der Waals surface area (Å²) in [6, 6.07) is 0. The largest absolute Gasteiger partial charge is 0.469 e. The lowest BCUT2D eigenvalue weighted by Crippen LogP contribution is -2.29. The SMILES string of the molecule is CC/C=C\C/C=C\C/C=C\C/C=C\C/C=C\CCCC(=O)OC[C@H](COP(=O)(O)O)OC(=O)CCCCCCCCC/C=C\CCCCCCCC. The monoisotopic (exact) mass is 749 g/mol. The topological polar surface area (TPSA) is 119 Å². The number of carbonyl (C=O) groups is 2. The van der Waals surface area contributed by atoms with Crippen LogP contribution in [0.25, 0.3) is 0 Å². The molecule has 0 spiro atoms. The summed E-state index contributed by atoms with van der Waals surface area (Å²) >= 11 is 0. The van der Waals surface area contributed by atoms with E-state index in [0.29, 0.717) is 12.8 Å². The number of unbranched alkanes of at least 4 members (excludes halogenated alkanes) is 14. The fourth-order valence-corrected chi connectivity index (χ4v) is 5.59. The Morgan fingerprint density at radius 2 is 0.942 bits per heavy atom. The maximum atomic E-state index is 12.4. The van der Waals surface area contributed by atoms with E-state index in [0.717, 1.165) is 64.2 Å². The third-order valence-corrected chi connectivity index (χ3v) is 8.69. The second-order valence-electron chi connectivity index (χ2n) is 13.2. The molecule has 9 heteroatoms. The van der Waals surface area contributed by atoms with E-state index in [1.807, 2.05) is 6.08 Å². The molecule has 52 heavy (non-hydrogen) atoms. The highest BCUT2D eigenvalue weighted by molar-refractivity contribution is 7.46. The zero-order valence-electron chi connectivity index (χ0n) is 32.7. The highest BCUT2D eigenvalue weighted by atomic mass is 31.2. The number of rotatable bonds is 36. The molecule has 0 radical (unpaired) electrons. The molecule has 0 unspecified atom stereocenters. The molecule has 0 saturated heterocycles. The number of esters is 2. The molecule has 0 aliphatic carbocycles. The molecule has 0 aromatic heterocycles. The third-order valence-electron chi connectivity index (χ3n) is 8.21. The van der Waals surface area contributed by atoms with Gasteiger partial charge in [0.15, 0.2) is 6.10 Å². The van der Waals surface area contributed by atoms with Crippen LogP contribution in [0.1, 0.15) is 168 Å². The van der Waals surface area contributed by atoms with Crippen LogP contribution in [0.5, 0.6) is 0 Å². The van der Waals surface area contributed by atoms with Gasteiger partial charge in [-0.25, -0.2) is 4.57 Å². The molecule has 298 valence electrons. The van der Waals surface area contributed by atoms with E-state index in [1.54, 1.807) is 0 Å². The van der Waals surface area contributed by atoms with Crippen LogP contribution in [0.15, 0.2) is 72.9 Å². The quantitative estimate of drug-likeness (QED) is 0.0281. The molecule has 0 rings (SSSR count). The first-order valence-corrected chi connectivity index (χ1v) is 21.8. The Morgan fingerprint density at radius 1 is 0.519 bits per heavy atom. The third kappa shape index (κ3) is 40.3. The van der Waals surface area contributed by atoms with Crippen molar-refractivity contribution in [3.05, 3.63) is 72.9 Å². The summed E-state index contributed by atoms with van der Waals surface area (Å²) in [6.07, 6.45) is 49.1. The molecule has 0 amide bonds. The van der Waals surface area contributed by atoms with E-state index in [2.05, 4.69) is 85.2 Å². The summed E-state index contributed by atoms with van der Waals surface area (Å²) in [5.41, 5.74) is 0. The fourth-order valence-electron chi connectivity index (χ4n) is 5.23. The lowest BCUT2D eigenvalue weighted by molar-refractivity contribution is -0.161. The Balaban J connectivity index is 4.05. The molecule has 0 bridgehead atoms. The van der Waals surface area contributed by atoms with Crippen molar-refractivity contribution in [2.75, 3.05) is 13.2 Å². The second kappa shape index (κ2) is 38.2. The Morgan fingerprint density at radius 3 is 1.46 bits per heavy atom. The zero-order valence-corrected chi connectivity index (χ0v) is 33.6. The second-order valence-corrected chi connectivity index (χ2v) is 14.5. The Kier molecular flexibility index (Phi) is 36.4. The van der Waals surface area contributed by atoms with E-state index >= 15 is 0 Å². The van der Waals surface area contributed by atoms with Gasteiger partial charge in [-0.3, -0.25) is 14.1 Å². The van der Waals surface area contributed by atoms with Gasteiger partial charge in [0.25, 0.3) is 0 Å². The minimum atomic E-state index is -4.77. The van der Waals surface area contributed by atoms with Crippen molar-refractivity contribution < 1.29 is 37.9 Å². The fraction of sp³-hybridized carbons (Fsp3) is 0.674. The number of phosphoric acid groups is 1. The number of phosphoric ester groups is 1. The predicted octanol–water partition coefficient (Wildman–Crippen LogP) is 12.3. The van der Waals surface area contributed by atoms with Crippen LogP contribution >= 0.6 is 7.82 Å². The van der Waals surface area contributed by atoms with Gasteiger partial charge in [-0.2, -0.15) is 0 Å². The van der Waals surface area contributed by atoms with Crippen LogP contribution in [0, 0.1) is 0 Å². The highest BCUT2D eigenvalue weighted by Crippen LogP contribution is 2.36. The van der Waals surface area contributed by atoms with E-state index in [-0.39, 0.29) is 19.4 Å². The first kappa shape index (κ1) is 49.5. The average Bonchev–Trinajstić information content (AvgIpc) is 3.11.